The van der Waals surface area contributed by atoms with Crippen LogP contribution in [0.2, 0.25) is 0 Å². The average molecular weight is 279 g/mol. The summed E-state index contributed by atoms with van der Waals surface area (Å²) in [6, 6.07) is 20.1. The number of rotatable bonds is 5. The summed E-state index contributed by atoms with van der Waals surface area (Å²) in [5.41, 5.74) is 4.08. The Morgan fingerprint density at radius 2 is 1.62 bits per heavy atom. The second kappa shape index (κ2) is 6.80. The van der Waals surface area contributed by atoms with Crippen LogP contribution in [0.3, 0.4) is 0 Å². The maximum absolute atomic E-state index is 3.77. The summed E-state index contributed by atoms with van der Waals surface area (Å²) in [5, 5.41) is 3.77. The largest absolute Gasteiger partial charge is 0.382 e. The minimum absolute atomic E-state index is 0.574. The average Bonchev–Trinajstić information content (AvgIpc) is 3.05. The lowest BCUT2D eigenvalue weighted by molar-refractivity contribution is 0.482. The highest BCUT2D eigenvalue weighted by atomic mass is 14.9. The van der Waals surface area contributed by atoms with E-state index in [1.807, 2.05) is 0 Å². The van der Waals surface area contributed by atoms with Crippen molar-refractivity contribution in [3.8, 4) is 0 Å². The maximum atomic E-state index is 3.77. The number of benzene rings is 2. The molecular weight excluding hydrogens is 254 g/mol. The molecule has 0 bridgehead atoms. The van der Waals surface area contributed by atoms with E-state index in [-0.39, 0.29) is 0 Å². The number of hydrogen-bond donors (Lipinski definition) is 1. The van der Waals surface area contributed by atoms with Crippen molar-refractivity contribution in [1.29, 1.82) is 0 Å². The van der Waals surface area contributed by atoms with Gasteiger partial charge in [-0.15, -0.1) is 0 Å². The molecule has 1 atom stereocenters. The van der Waals surface area contributed by atoms with Crippen molar-refractivity contribution < 1.29 is 0 Å². The molecule has 0 radical (unpaired) electrons. The molecule has 1 fully saturated rings. The van der Waals surface area contributed by atoms with Crippen LogP contribution in [0.15, 0.2) is 54.6 Å². The molecule has 2 aromatic carbocycles. The van der Waals surface area contributed by atoms with Crippen molar-refractivity contribution >= 4 is 5.69 Å². The Morgan fingerprint density at radius 3 is 2.38 bits per heavy atom. The van der Waals surface area contributed by atoms with Gasteiger partial charge < -0.3 is 5.32 Å². The smallest absolute Gasteiger partial charge is 0.0378 e. The van der Waals surface area contributed by atoms with Gasteiger partial charge in [0.2, 0.25) is 0 Å². The van der Waals surface area contributed by atoms with Gasteiger partial charge in [0.25, 0.3) is 0 Å². The molecule has 1 aliphatic carbocycles. The van der Waals surface area contributed by atoms with Gasteiger partial charge in [0.15, 0.2) is 0 Å². The van der Waals surface area contributed by atoms with Crippen LogP contribution in [0.4, 0.5) is 5.69 Å². The highest BCUT2D eigenvalue weighted by Crippen LogP contribution is 2.30. The van der Waals surface area contributed by atoms with E-state index in [9.17, 15) is 0 Å². The fourth-order valence-corrected chi connectivity index (χ4v) is 3.45. The Balaban J connectivity index is 1.73. The summed E-state index contributed by atoms with van der Waals surface area (Å²) in [6.45, 7) is 2.34. The van der Waals surface area contributed by atoms with E-state index in [1.54, 1.807) is 0 Å². The fourth-order valence-electron chi connectivity index (χ4n) is 3.45. The molecule has 3 rings (SSSR count). The topological polar surface area (TPSA) is 12.0 Å². The first-order chi connectivity index (χ1) is 10.3. The normalized spacial score (nSPS) is 16.8. The van der Waals surface area contributed by atoms with E-state index in [4.69, 9.17) is 0 Å². The van der Waals surface area contributed by atoms with Crippen LogP contribution in [-0.2, 0) is 6.42 Å². The molecule has 1 aliphatic rings. The second-order valence-electron chi connectivity index (χ2n) is 6.30. The van der Waals surface area contributed by atoms with Gasteiger partial charge in [-0.1, -0.05) is 61.4 Å². The predicted molar refractivity (Wildman–Crippen MR) is 90.7 cm³/mol. The van der Waals surface area contributed by atoms with E-state index >= 15 is 0 Å². The molecule has 1 saturated carbocycles. The summed E-state index contributed by atoms with van der Waals surface area (Å²) in [7, 11) is 0. The molecule has 0 saturated heterocycles. The van der Waals surface area contributed by atoms with Gasteiger partial charge in [0.05, 0.1) is 0 Å². The van der Waals surface area contributed by atoms with E-state index in [0.717, 1.165) is 12.3 Å². The third-order valence-electron chi connectivity index (χ3n) is 4.74. The maximum Gasteiger partial charge on any atom is 0.0378 e. The van der Waals surface area contributed by atoms with E-state index in [0.29, 0.717) is 6.04 Å². The van der Waals surface area contributed by atoms with Crippen LogP contribution in [0.1, 0.15) is 43.7 Å². The lowest BCUT2D eigenvalue weighted by Gasteiger charge is -2.23. The van der Waals surface area contributed by atoms with Crippen molar-refractivity contribution in [1.82, 2.24) is 0 Å². The lowest BCUT2D eigenvalue weighted by atomic mass is 9.98. The van der Waals surface area contributed by atoms with Crippen molar-refractivity contribution in [2.75, 3.05) is 5.32 Å². The molecule has 0 amide bonds. The minimum atomic E-state index is 0.574. The predicted octanol–water partition coefficient (Wildman–Crippen LogP) is 5.27. The van der Waals surface area contributed by atoms with Gasteiger partial charge in [-0.3, -0.25) is 0 Å². The monoisotopic (exact) mass is 279 g/mol. The van der Waals surface area contributed by atoms with Gasteiger partial charge in [0.1, 0.15) is 0 Å². The zero-order valence-electron chi connectivity index (χ0n) is 12.9. The van der Waals surface area contributed by atoms with Gasteiger partial charge in [-0.2, -0.15) is 0 Å². The fraction of sp³-hybridized carbons (Fsp3) is 0.400. The number of anilines is 1. The Labute approximate surface area is 128 Å². The third kappa shape index (κ3) is 3.66. The van der Waals surface area contributed by atoms with Crippen molar-refractivity contribution in [2.45, 2.75) is 45.1 Å². The number of hydrogen-bond acceptors (Lipinski definition) is 1. The molecule has 0 heterocycles. The quantitative estimate of drug-likeness (QED) is 0.786. The van der Waals surface area contributed by atoms with Crippen molar-refractivity contribution in [2.24, 2.45) is 5.92 Å². The van der Waals surface area contributed by atoms with Crippen LogP contribution >= 0.6 is 0 Å². The molecule has 0 aromatic heterocycles. The van der Waals surface area contributed by atoms with Gasteiger partial charge >= 0.3 is 0 Å². The van der Waals surface area contributed by atoms with Crippen LogP contribution in [0, 0.1) is 5.92 Å². The molecule has 1 heteroatoms. The zero-order valence-corrected chi connectivity index (χ0v) is 12.9. The molecule has 1 nitrogen and oxygen atoms in total. The van der Waals surface area contributed by atoms with Crippen LogP contribution in [0.5, 0.6) is 0 Å². The Bertz CT molecular complexity index is 555. The minimum Gasteiger partial charge on any atom is -0.382 e. The lowest BCUT2D eigenvalue weighted by Crippen LogP contribution is -2.24. The first-order valence-electron chi connectivity index (χ1n) is 8.21. The summed E-state index contributed by atoms with van der Waals surface area (Å²) in [4.78, 5) is 0. The van der Waals surface area contributed by atoms with Gasteiger partial charge in [-0.25, -0.2) is 0 Å². The highest BCUT2D eigenvalue weighted by Gasteiger charge is 2.21. The Kier molecular flexibility index (Phi) is 4.59. The number of nitrogens with one attached hydrogen (secondary N) is 1. The van der Waals surface area contributed by atoms with Crippen LogP contribution in [0.25, 0.3) is 0 Å². The van der Waals surface area contributed by atoms with Crippen molar-refractivity contribution in [3.05, 3.63) is 65.7 Å². The first-order valence-corrected chi connectivity index (χ1v) is 8.21. The zero-order chi connectivity index (χ0) is 14.5. The third-order valence-corrected chi connectivity index (χ3v) is 4.74. The molecular formula is C20H25N. The Hall–Kier alpha value is -1.76. The SMILES string of the molecule is CC(Nc1ccccc1Cc1ccccc1)C1CCCC1. The summed E-state index contributed by atoms with van der Waals surface area (Å²) < 4.78 is 0. The summed E-state index contributed by atoms with van der Waals surface area (Å²) in [6.07, 6.45) is 6.58. The summed E-state index contributed by atoms with van der Waals surface area (Å²) >= 11 is 0. The van der Waals surface area contributed by atoms with Gasteiger partial charge in [0, 0.05) is 11.7 Å². The van der Waals surface area contributed by atoms with Crippen LogP contribution < -0.4 is 5.32 Å². The van der Waals surface area contributed by atoms with E-state index in [1.165, 1.54) is 42.5 Å². The molecule has 0 spiro atoms. The van der Waals surface area contributed by atoms with Crippen molar-refractivity contribution in [3.63, 3.8) is 0 Å². The highest BCUT2D eigenvalue weighted by molar-refractivity contribution is 5.53. The first kappa shape index (κ1) is 14.2. The van der Waals surface area contributed by atoms with Crippen LogP contribution in [-0.4, -0.2) is 6.04 Å². The second-order valence-corrected chi connectivity index (χ2v) is 6.30. The molecule has 2 aromatic rings. The molecule has 21 heavy (non-hydrogen) atoms. The standard InChI is InChI=1S/C20H25N/c1-16(18-11-5-6-12-18)21-20-14-8-7-13-19(20)15-17-9-3-2-4-10-17/h2-4,7-10,13-14,16,18,21H,5-6,11-12,15H2,1H3. The van der Waals surface area contributed by atoms with E-state index in [2.05, 4.69) is 66.8 Å². The number of para-hydroxylation sites is 1. The molecule has 1 unspecified atom stereocenters. The van der Waals surface area contributed by atoms with E-state index < -0.39 is 0 Å². The summed E-state index contributed by atoms with van der Waals surface area (Å²) in [5.74, 6) is 0.842. The molecule has 0 aliphatic heterocycles. The molecule has 110 valence electrons. The van der Waals surface area contributed by atoms with Gasteiger partial charge in [-0.05, 0) is 49.3 Å². The Morgan fingerprint density at radius 1 is 0.952 bits per heavy atom. The molecule has 1 N–H and O–H groups in total.